The minimum Gasteiger partial charge on any atom is -0.204 e. The summed E-state index contributed by atoms with van der Waals surface area (Å²) in [5, 5.41) is 0. The molecule has 1 rings (SSSR count). The van der Waals surface area contributed by atoms with Gasteiger partial charge in [0.05, 0.1) is 0 Å². The van der Waals surface area contributed by atoms with Crippen LogP contribution in [0.2, 0.25) is 0 Å². The molecule has 0 bridgehead atoms. The zero-order chi connectivity index (χ0) is 7.98. The Hall–Kier alpha value is -0.920. The van der Waals surface area contributed by atoms with E-state index in [1.165, 1.54) is 12.1 Å². The summed E-state index contributed by atoms with van der Waals surface area (Å²) < 4.78 is 23.9. The number of benzene rings is 1. The van der Waals surface area contributed by atoms with Gasteiger partial charge >= 0.3 is 0 Å². The zero-order valence-electron chi connectivity index (χ0n) is 6.07. The van der Waals surface area contributed by atoms with Crippen molar-refractivity contribution in [1.82, 2.24) is 0 Å². The average molecular weight is 144 g/mol. The quantitative estimate of drug-likeness (QED) is 0.525. The Morgan fingerprint density at radius 2 is 1.20 bits per heavy atom. The molecular formula is C8H10F2. The van der Waals surface area contributed by atoms with Crippen molar-refractivity contribution in [3.63, 3.8) is 0 Å². The van der Waals surface area contributed by atoms with Crippen molar-refractivity contribution in [1.29, 1.82) is 0 Å². The van der Waals surface area contributed by atoms with E-state index in [1.54, 1.807) is 0 Å². The molecule has 0 fully saturated rings. The van der Waals surface area contributed by atoms with Crippen molar-refractivity contribution in [3.8, 4) is 0 Å². The van der Waals surface area contributed by atoms with Gasteiger partial charge in [-0.1, -0.05) is 26.0 Å². The van der Waals surface area contributed by atoms with Gasteiger partial charge in [0.2, 0.25) is 0 Å². The molecule has 0 radical (unpaired) electrons. The van der Waals surface area contributed by atoms with E-state index in [0.29, 0.717) is 0 Å². The highest BCUT2D eigenvalue weighted by Gasteiger charge is 1.93. The molecule has 0 amide bonds. The summed E-state index contributed by atoms with van der Waals surface area (Å²) in [6.07, 6.45) is 0. The second-order valence-electron chi connectivity index (χ2n) is 1.41. The molecule has 0 nitrogen and oxygen atoms in total. The first-order chi connectivity index (χ1) is 4.80. The predicted octanol–water partition coefficient (Wildman–Crippen LogP) is 2.99. The summed E-state index contributed by atoms with van der Waals surface area (Å²) in [4.78, 5) is 0. The summed E-state index contributed by atoms with van der Waals surface area (Å²) in [7, 11) is 0. The summed E-state index contributed by atoms with van der Waals surface area (Å²) in [5.74, 6) is -1.60. The van der Waals surface area contributed by atoms with Gasteiger partial charge in [-0.3, -0.25) is 0 Å². The molecule has 0 N–H and O–H groups in total. The summed E-state index contributed by atoms with van der Waals surface area (Å²) >= 11 is 0. The van der Waals surface area contributed by atoms with Gasteiger partial charge in [-0.15, -0.1) is 0 Å². The second-order valence-corrected chi connectivity index (χ2v) is 1.41. The van der Waals surface area contributed by atoms with Crippen molar-refractivity contribution < 1.29 is 8.78 Å². The van der Waals surface area contributed by atoms with E-state index >= 15 is 0 Å². The van der Waals surface area contributed by atoms with E-state index in [2.05, 4.69) is 0 Å². The van der Waals surface area contributed by atoms with Crippen LogP contribution in [-0.4, -0.2) is 0 Å². The summed E-state index contributed by atoms with van der Waals surface area (Å²) in [5.41, 5.74) is 0. The van der Waals surface area contributed by atoms with Crippen LogP contribution in [0.3, 0.4) is 0 Å². The Balaban J connectivity index is 0.000000371. The molecule has 0 saturated heterocycles. The van der Waals surface area contributed by atoms with Crippen LogP contribution in [0.25, 0.3) is 0 Å². The first-order valence-corrected chi connectivity index (χ1v) is 3.21. The van der Waals surface area contributed by atoms with Gasteiger partial charge in [0.15, 0.2) is 11.6 Å². The Morgan fingerprint density at radius 3 is 1.40 bits per heavy atom. The van der Waals surface area contributed by atoms with Crippen molar-refractivity contribution >= 4 is 0 Å². The van der Waals surface area contributed by atoms with Gasteiger partial charge in [0.1, 0.15) is 0 Å². The fourth-order valence-electron chi connectivity index (χ4n) is 0.439. The standard InChI is InChI=1S/C6H4F2.C2H6/c7-5-3-1-2-4-6(5)8;1-2/h1-4H;1-2H3. The lowest BCUT2D eigenvalue weighted by molar-refractivity contribution is 0.508. The molecule has 0 spiro atoms. The highest BCUT2D eigenvalue weighted by Crippen LogP contribution is 2.01. The maximum absolute atomic E-state index is 11.9. The van der Waals surface area contributed by atoms with E-state index in [4.69, 9.17) is 0 Å². The van der Waals surface area contributed by atoms with Gasteiger partial charge < -0.3 is 0 Å². The summed E-state index contributed by atoms with van der Waals surface area (Å²) in [6.45, 7) is 4.00. The zero-order valence-corrected chi connectivity index (χ0v) is 6.07. The molecule has 0 aliphatic rings. The fourth-order valence-corrected chi connectivity index (χ4v) is 0.439. The number of hydrogen-bond donors (Lipinski definition) is 0. The molecule has 0 aromatic heterocycles. The highest BCUT2D eigenvalue weighted by molar-refractivity contribution is 5.05. The molecule has 1 aromatic rings. The van der Waals surface area contributed by atoms with Gasteiger partial charge in [0.25, 0.3) is 0 Å². The Morgan fingerprint density at radius 1 is 0.900 bits per heavy atom. The third kappa shape index (κ3) is 2.58. The van der Waals surface area contributed by atoms with Crippen molar-refractivity contribution in [3.05, 3.63) is 35.9 Å². The van der Waals surface area contributed by atoms with E-state index < -0.39 is 11.6 Å². The van der Waals surface area contributed by atoms with Crippen LogP contribution in [0.1, 0.15) is 13.8 Å². The van der Waals surface area contributed by atoms with Crippen LogP contribution in [0.5, 0.6) is 0 Å². The molecule has 2 heteroatoms. The van der Waals surface area contributed by atoms with Crippen LogP contribution >= 0.6 is 0 Å². The largest absolute Gasteiger partial charge is 0.204 e. The predicted molar refractivity (Wildman–Crippen MR) is 37.7 cm³/mol. The molecule has 0 aliphatic heterocycles. The second kappa shape index (κ2) is 4.91. The fraction of sp³-hybridized carbons (Fsp3) is 0.250. The van der Waals surface area contributed by atoms with E-state index in [0.717, 1.165) is 12.1 Å². The molecule has 56 valence electrons. The van der Waals surface area contributed by atoms with Crippen LogP contribution in [0, 0.1) is 11.6 Å². The van der Waals surface area contributed by atoms with Crippen LogP contribution in [0.15, 0.2) is 24.3 Å². The first-order valence-electron chi connectivity index (χ1n) is 3.21. The molecule has 0 atom stereocenters. The lowest BCUT2D eigenvalue weighted by Gasteiger charge is -1.85. The molecule has 0 heterocycles. The molecular weight excluding hydrogens is 134 g/mol. The van der Waals surface area contributed by atoms with E-state index in [-0.39, 0.29) is 0 Å². The van der Waals surface area contributed by atoms with E-state index in [9.17, 15) is 8.78 Å². The van der Waals surface area contributed by atoms with Gasteiger partial charge in [-0.2, -0.15) is 0 Å². The summed E-state index contributed by atoms with van der Waals surface area (Å²) in [6, 6.07) is 5.04. The molecule has 0 saturated carbocycles. The Kier molecular flexibility index (Phi) is 4.46. The maximum Gasteiger partial charge on any atom is 0.158 e. The molecule has 0 aliphatic carbocycles. The Bertz CT molecular complexity index is 163. The van der Waals surface area contributed by atoms with Crippen LogP contribution < -0.4 is 0 Å². The molecule has 0 unspecified atom stereocenters. The lowest BCUT2D eigenvalue weighted by atomic mass is 10.3. The van der Waals surface area contributed by atoms with Crippen molar-refractivity contribution in [2.75, 3.05) is 0 Å². The molecule has 1 aromatic carbocycles. The van der Waals surface area contributed by atoms with Gasteiger partial charge in [-0.25, -0.2) is 8.78 Å². The molecule has 10 heavy (non-hydrogen) atoms. The van der Waals surface area contributed by atoms with Crippen LogP contribution in [0.4, 0.5) is 8.78 Å². The SMILES string of the molecule is CC.Fc1ccccc1F. The van der Waals surface area contributed by atoms with Gasteiger partial charge in [0, 0.05) is 0 Å². The Labute approximate surface area is 59.5 Å². The van der Waals surface area contributed by atoms with Crippen molar-refractivity contribution in [2.24, 2.45) is 0 Å². The first kappa shape index (κ1) is 9.08. The third-order valence-corrected chi connectivity index (χ3v) is 0.824. The van der Waals surface area contributed by atoms with E-state index in [1.807, 2.05) is 13.8 Å². The minimum atomic E-state index is -0.799. The smallest absolute Gasteiger partial charge is 0.158 e. The average Bonchev–Trinajstić information content (AvgIpc) is 2.00. The monoisotopic (exact) mass is 144 g/mol. The number of rotatable bonds is 0. The topological polar surface area (TPSA) is 0 Å². The van der Waals surface area contributed by atoms with Crippen molar-refractivity contribution in [2.45, 2.75) is 13.8 Å². The maximum atomic E-state index is 11.9. The number of hydrogen-bond acceptors (Lipinski definition) is 0. The highest BCUT2D eigenvalue weighted by atomic mass is 19.2. The lowest BCUT2D eigenvalue weighted by Crippen LogP contribution is -1.77. The minimum absolute atomic E-state index is 0.799. The third-order valence-electron chi connectivity index (χ3n) is 0.824. The van der Waals surface area contributed by atoms with Gasteiger partial charge in [-0.05, 0) is 12.1 Å². The normalized spacial score (nSPS) is 8.00. The number of halogens is 2. The van der Waals surface area contributed by atoms with Crippen LogP contribution in [-0.2, 0) is 0 Å².